The van der Waals surface area contributed by atoms with E-state index in [2.05, 4.69) is 10.2 Å². The highest BCUT2D eigenvalue weighted by molar-refractivity contribution is 5.85. The van der Waals surface area contributed by atoms with Gasteiger partial charge in [0.05, 0.1) is 0 Å². The summed E-state index contributed by atoms with van der Waals surface area (Å²) in [4.78, 5) is 2.29. The molecular formula is C13H21ClN2O3. The highest BCUT2D eigenvalue weighted by atomic mass is 35.5. The van der Waals surface area contributed by atoms with Crippen LogP contribution >= 0.6 is 12.4 Å². The number of phenolic OH excluding ortho intramolecular Hbond substituents is 2. The van der Waals surface area contributed by atoms with Crippen molar-refractivity contribution in [2.75, 3.05) is 32.8 Å². The molecule has 1 aromatic rings. The first-order valence-corrected chi connectivity index (χ1v) is 6.30. The minimum Gasteiger partial charge on any atom is -0.504 e. The van der Waals surface area contributed by atoms with E-state index in [0.29, 0.717) is 6.42 Å². The van der Waals surface area contributed by atoms with Gasteiger partial charge in [-0.3, -0.25) is 4.90 Å². The Hall–Kier alpha value is -1.01. The molecule has 0 saturated carbocycles. The second-order valence-corrected chi connectivity index (χ2v) is 4.56. The van der Waals surface area contributed by atoms with E-state index in [1.807, 2.05) is 0 Å². The van der Waals surface area contributed by atoms with Crippen molar-refractivity contribution < 1.29 is 15.3 Å². The van der Waals surface area contributed by atoms with E-state index >= 15 is 0 Å². The second kappa shape index (κ2) is 7.55. The largest absolute Gasteiger partial charge is 0.504 e. The molecule has 0 spiro atoms. The molecule has 0 radical (unpaired) electrons. The lowest BCUT2D eigenvalue weighted by Crippen LogP contribution is -2.45. The maximum Gasteiger partial charge on any atom is 0.157 e. The van der Waals surface area contributed by atoms with E-state index in [-0.39, 0.29) is 36.6 Å². The lowest BCUT2D eigenvalue weighted by molar-refractivity contribution is 0.141. The van der Waals surface area contributed by atoms with Crippen LogP contribution in [0.5, 0.6) is 11.5 Å². The molecule has 6 heteroatoms. The Balaban J connectivity index is 0.00000180. The van der Waals surface area contributed by atoms with Crippen LogP contribution in [0.3, 0.4) is 0 Å². The fourth-order valence-corrected chi connectivity index (χ4v) is 2.42. The topological polar surface area (TPSA) is 76.0 Å². The summed E-state index contributed by atoms with van der Waals surface area (Å²) in [6.45, 7) is 3.83. The molecule has 1 atom stereocenters. The third kappa shape index (κ3) is 3.98. The lowest BCUT2D eigenvalue weighted by Gasteiger charge is -2.35. The van der Waals surface area contributed by atoms with Gasteiger partial charge in [-0.2, -0.15) is 0 Å². The quantitative estimate of drug-likeness (QED) is 0.618. The number of hydrogen-bond donors (Lipinski definition) is 4. The van der Waals surface area contributed by atoms with Gasteiger partial charge < -0.3 is 20.6 Å². The molecule has 0 unspecified atom stereocenters. The first-order valence-electron chi connectivity index (χ1n) is 6.30. The predicted octanol–water partition coefficient (Wildman–Crippen LogP) is 0.848. The summed E-state index contributed by atoms with van der Waals surface area (Å²) in [6, 6.07) is 4.97. The zero-order valence-electron chi connectivity index (χ0n) is 10.7. The predicted molar refractivity (Wildman–Crippen MR) is 75.9 cm³/mol. The molecule has 0 aliphatic carbocycles. The highest BCUT2D eigenvalue weighted by Gasteiger charge is 2.22. The van der Waals surface area contributed by atoms with Crippen LogP contribution in [0.1, 0.15) is 18.0 Å². The van der Waals surface area contributed by atoms with Crippen LogP contribution < -0.4 is 5.32 Å². The van der Waals surface area contributed by atoms with E-state index in [1.54, 1.807) is 12.1 Å². The van der Waals surface area contributed by atoms with Gasteiger partial charge in [-0.15, -0.1) is 12.4 Å². The normalized spacial score (nSPS) is 17.7. The molecule has 1 saturated heterocycles. The molecular weight excluding hydrogens is 268 g/mol. The average Bonchev–Trinajstić information content (AvgIpc) is 2.40. The highest BCUT2D eigenvalue weighted by Crippen LogP contribution is 2.31. The lowest BCUT2D eigenvalue weighted by atomic mass is 10.0. The van der Waals surface area contributed by atoms with Gasteiger partial charge in [0.2, 0.25) is 0 Å². The van der Waals surface area contributed by atoms with Gasteiger partial charge in [-0.25, -0.2) is 0 Å². The van der Waals surface area contributed by atoms with Crippen molar-refractivity contribution in [1.29, 1.82) is 0 Å². The Bertz CT molecular complexity index is 397. The van der Waals surface area contributed by atoms with Gasteiger partial charge in [0.15, 0.2) is 11.5 Å². The Morgan fingerprint density at radius 1 is 1.16 bits per heavy atom. The van der Waals surface area contributed by atoms with Crippen molar-refractivity contribution in [2.45, 2.75) is 12.5 Å². The summed E-state index contributed by atoms with van der Waals surface area (Å²) in [5.74, 6) is -0.215. The number of nitrogens with one attached hydrogen (secondary N) is 1. The summed E-state index contributed by atoms with van der Waals surface area (Å²) >= 11 is 0. The van der Waals surface area contributed by atoms with Crippen LogP contribution in [-0.4, -0.2) is 53.0 Å². The number of halogens is 1. The molecule has 5 nitrogen and oxygen atoms in total. The fraction of sp³-hybridized carbons (Fsp3) is 0.538. The third-order valence-corrected chi connectivity index (χ3v) is 3.38. The molecule has 1 aromatic carbocycles. The molecule has 108 valence electrons. The van der Waals surface area contributed by atoms with E-state index in [0.717, 1.165) is 31.7 Å². The third-order valence-electron chi connectivity index (χ3n) is 3.38. The zero-order chi connectivity index (χ0) is 13.0. The van der Waals surface area contributed by atoms with Crippen LogP contribution in [0.4, 0.5) is 0 Å². The number of aliphatic hydroxyl groups is 1. The second-order valence-electron chi connectivity index (χ2n) is 4.56. The van der Waals surface area contributed by atoms with Crippen molar-refractivity contribution in [3.05, 3.63) is 23.8 Å². The van der Waals surface area contributed by atoms with Crippen LogP contribution in [-0.2, 0) is 0 Å². The van der Waals surface area contributed by atoms with Crippen molar-refractivity contribution in [3.63, 3.8) is 0 Å². The molecule has 1 aliphatic rings. The van der Waals surface area contributed by atoms with Gasteiger partial charge >= 0.3 is 0 Å². The number of aromatic hydroxyl groups is 2. The molecule has 1 aliphatic heterocycles. The van der Waals surface area contributed by atoms with E-state index in [4.69, 9.17) is 0 Å². The molecule has 0 amide bonds. The first-order chi connectivity index (χ1) is 8.72. The Morgan fingerprint density at radius 3 is 2.42 bits per heavy atom. The van der Waals surface area contributed by atoms with Crippen molar-refractivity contribution in [2.24, 2.45) is 0 Å². The number of benzene rings is 1. The summed E-state index contributed by atoms with van der Waals surface area (Å²) < 4.78 is 0. The summed E-state index contributed by atoms with van der Waals surface area (Å²) in [5, 5.41) is 31.4. The van der Waals surface area contributed by atoms with Gasteiger partial charge in [0.1, 0.15) is 0 Å². The van der Waals surface area contributed by atoms with Crippen LogP contribution in [0.2, 0.25) is 0 Å². The number of rotatable bonds is 4. The zero-order valence-corrected chi connectivity index (χ0v) is 11.6. The average molecular weight is 289 g/mol. The monoisotopic (exact) mass is 288 g/mol. The Labute approximate surface area is 119 Å². The number of nitrogens with zero attached hydrogens (tertiary/aromatic N) is 1. The van der Waals surface area contributed by atoms with Crippen LogP contribution in [0.25, 0.3) is 0 Å². The summed E-state index contributed by atoms with van der Waals surface area (Å²) in [6.07, 6.45) is 0.629. The van der Waals surface area contributed by atoms with Crippen molar-refractivity contribution in [3.8, 4) is 11.5 Å². The molecule has 2 rings (SSSR count). The SMILES string of the molecule is Cl.OCC[C@@H](c1ccc(O)c(O)c1)N1CCNCC1. The van der Waals surface area contributed by atoms with E-state index in [9.17, 15) is 15.3 Å². The summed E-state index contributed by atoms with van der Waals surface area (Å²) in [7, 11) is 0. The number of phenols is 2. The van der Waals surface area contributed by atoms with Crippen LogP contribution in [0.15, 0.2) is 18.2 Å². The Kier molecular flexibility index (Phi) is 6.37. The number of aliphatic hydroxyl groups excluding tert-OH is 1. The molecule has 4 N–H and O–H groups in total. The molecule has 1 heterocycles. The summed E-state index contributed by atoms with van der Waals surface area (Å²) in [5.41, 5.74) is 0.932. The maximum absolute atomic E-state index is 9.57. The fourth-order valence-electron chi connectivity index (χ4n) is 2.42. The van der Waals surface area contributed by atoms with Gasteiger partial charge in [-0.05, 0) is 24.1 Å². The number of piperazine rings is 1. The minimum absolute atomic E-state index is 0. The maximum atomic E-state index is 9.57. The molecule has 0 bridgehead atoms. The molecule has 0 aromatic heterocycles. The van der Waals surface area contributed by atoms with Crippen molar-refractivity contribution >= 4 is 12.4 Å². The van der Waals surface area contributed by atoms with E-state index in [1.165, 1.54) is 6.07 Å². The van der Waals surface area contributed by atoms with Gasteiger partial charge in [-0.1, -0.05) is 6.07 Å². The standard InChI is InChI=1S/C13H20N2O3.ClH/c16-8-3-11(15-6-4-14-5-7-15)10-1-2-12(17)13(18)9-10;/h1-2,9,11,14,16-18H,3-8H2;1H/t11-;/m0./s1. The van der Waals surface area contributed by atoms with Gasteiger partial charge in [0, 0.05) is 38.8 Å². The van der Waals surface area contributed by atoms with Gasteiger partial charge in [0.25, 0.3) is 0 Å². The first kappa shape index (κ1) is 16.0. The van der Waals surface area contributed by atoms with Crippen molar-refractivity contribution in [1.82, 2.24) is 10.2 Å². The smallest absolute Gasteiger partial charge is 0.157 e. The Morgan fingerprint density at radius 2 is 1.84 bits per heavy atom. The minimum atomic E-state index is -0.109. The van der Waals surface area contributed by atoms with E-state index < -0.39 is 0 Å². The van der Waals surface area contributed by atoms with Crippen LogP contribution in [0, 0.1) is 0 Å². The molecule has 1 fully saturated rings. The molecule has 19 heavy (non-hydrogen) atoms. The number of hydrogen-bond acceptors (Lipinski definition) is 5.